The molecule has 0 heterocycles. The maximum Gasteiger partial charge on any atom is 0.00406 e. The summed E-state index contributed by atoms with van der Waals surface area (Å²) in [6, 6.07) is 0. The van der Waals surface area contributed by atoms with Crippen molar-refractivity contribution in [2.45, 2.75) is 82.6 Å². The molecule has 0 saturated carbocycles. The Morgan fingerprint density at radius 3 is 1.90 bits per heavy atom. The van der Waals surface area contributed by atoms with Crippen molar-refractivity contribution in [2.24, 2.45) is 5.41 Å². The van der Waals surface area contributed by atoms with Crippen LogP contribution in [0.4, 0.5) is 0 Å². The summed E-state index contributed by atoms with van der Waals surface area (Å²) in [4.78, 5) is 0. The molecule has 0 aromatic heterocycles. The van der Waals surface area contributed by atoms with Crippen molar-refractivity contribution < 1.29 is 0 Å². The number of rotatable bonds is 3. The van der Waals surface area contributed by atoms with Gasteiger partial charge >= 0.3 is 0 Å². The Morgan fingerprint density at radius 2 is 1.52 bits per heavy atom. The molecule has 0 heteroatoms. The Labute approximate surface area is 136 Å². The van der Waals surface area contributed by atoms with Crippen molar-refractivity contribution >= 4 is 0 Å². The van der Waals surface area contributed by atoms with Gasteiger partial charge in [0.05, 0.1) is 0 Å². The van der Waals surface area contributed by atoms with Crippen molar-refractivity contribution in [1.82, 2.24) is 0 Å². The molecule has 1 aliphatic rings. The predicted octanol–water partition coefficient (Wildman–Crippen LogP) is 8.14. The van der Waals surface area contributed by atoms with Gasteiger partial charge in [-0.25, -0.2) is 0 Å². The van der Waals surface area contributed by atoms with E-state index in [-0.39, 0.29) is 12.8 Å². The summed E-state index contributed by atoms with van der Waals surface area (Å²) in [5.74, 6) is 0. The van der Waals surface area contributed by atoms with Gasteiger partial charge in [0.15, 0.2) is 0 Å². The molecule has 0 bridgehead atoms. The zero-order valence-electron chi connectivity index (χ0n) is 15.5. The summed E-state index contributed by atoms with van der Waals surface area (Å²) < 4.78 is 0. The molecule has 0 unspecified atom stereocenters. The van der Waals surface area contributed by atoms with Gasteiger partial charge in [0.2, 0.25) is 0 Å². The Hall–Kier alpha value is -1.04. The molecular formula is C21H42. The molecular weight excluding hydrogens is 252 g/mol. The Bertz CT molecular complexity index is 294. The molecule has 0 aromatic rings. The molecule has 0 N–H and O–H groups in total. The Kier molecular flexibility index (Phi) is 25.4. The van der Waals surface area contributed by atoms with E-state index >= 15 is 0 Å². The highest BCUT2D eigenvalue weighted by molar-refractivity contribution is 5.42. The minimum Gasteiger partial charge on any atom is -0.102 e. The molecule has 0 aromatic carbocycles. The zero-order valence-corrected chi connectivity index (χ0v) is 15.5. The van der Waals surface area contributed by atoms with Crippen molar-refractivity contribution in [3.8, 4) is 0 Å². The SMILES string of the molecule is C.C=CC(C)(C)C1=C(/C=C\C)C=CCC1.CC.CC.CC. The zero-order chi connectivity index (χ0) is 16.6. The minimum absolute atomic E-state index is 0. The third-order valence-electron chi connectivity index (χ3n) is 2.84. The lowest BCUT2D eigenvalue weighted by molar-refractivity contribution is 0.547. The standard InChI is InChI=1S/C14H20.3C2H6.CH4/c1-5-9-12-10-7-8-11-13(12)14(3,4)6-2;3*1-2;/h5-7,9-10H,2,8,11H2,1,3-4H3;3*1-2H3;1H4/b9-5-;;;;. The van der Waals surface area contributed by atoms with E-state index in [1.807, 2.05) is 47.6 Å². The van der Waals surface area contributed by atoms with Crippen LogP contribution in [0.25, 0.3) is 0 Å². The largest absolute Gasteiger partial charge is 0.102 e. The molecule has 21 heavy (non-hydrogen) atoms. The summed E-state index contributed by atoms with van der Waals surface area (Å²) in [6.07, 6.45) is 13.1. The summed E-state index contributed by atoms with van der Waals surface area (Å²) >= 11 is 0. The predicted molar refractivity (Wildman–Crippen MR) is 105 cm³/mol. The molecule has 0 fully saturated rings. The molecule has 1 rings (SSSR count). The lowest BCUT2D eigenvalue weighted by atomic mass is 9.77. The smallest absolute Gasteiger partial charge is 0.00406 e. The van der Waals surface area contributed by atoms with E-state index in [9.17, 15) is 0 Å². The van der Waals surface area contributed by atoms with Gasteiger partial charge in [-0.1, -0.05) is 98.8 Å². The van der Waals surface area contributed by atoms with Crippen LogP contribution in [0.3, 0.4) is 0 Å². The topological polar surface area (TPSA) is 0 Å². The van der Waals surface area contributed by atoms with Crippen LogP contribution in [0.5, 0.6) is 0 Å². The molecule has 1 aliphatic carbocycles. The van der Waals surface area contributed by atoms with Gasteiger partial charge < -0.3 is 0 Å². The highest BCUT2D eigenvalue weighted by Gasteiger charge is 2.22. The number of allylic oxidation sites excluding steroid dienone is 7. The third-order valence-corrected chi connectivity index (χ3v) is 2.84. The van der Waals surface area contributed by atoms with Crippen molar-refractivity contribution in [2.75, 3.05) is 0 Å². The Morgan fingerprint density at radius 1 is 1.05 bits per heavy atom. The van der Waals surface area contributed by atoms with Crippen LogP contribution in [-0.2, 0) is 0 Å². The first-order chi connectivity index (χ1) is 9.61. The summed E-state index contributed by atoms with van der Waals surface area (Å²) in [7, 11) is 0. The fourth-order valence-electron chi connectivity index (χ4n) is 1.84. The van der Waals surface area contributed by atoms with Crippen LogP contribution in [0.1, 0.15) is 82.6 Å². The van der Waals surface area contributed by atoms with Crippen LogP contribution >= 0.6 is 0 Å². The summed E-state index contributed by atoms with van der Waals surface area (Å²) in [6.45, 7) is 22.5. The van der Waals surface area contributed by atoms with Crippen molar-refractivity contribution in [1.29, 1.82) is 0 Å². The quantitative estimate of drug-likeness (QED) is 0.461. The first-order valence-corrected chi connectivity index (χ1v) is 8.28. The van der Waals surface area contributed by atoms with Gasteiger partial charge in [-0.2, -0.15) is 0 Å². The fourth-order valence-corrected chi connectivity index (χ4v) is 1.84. The maximum atomic E-state index is 3.92. The van der Waals surface area contributed by atoms with Gasteiger partial charge in [0.25, 0.3) is 0 Å². The molecule has 0 aliphatic heterocycles. The number of hydrogen-bond donors (Lipinski definition) is 0. The van der Waals surface area contributed by atoms with Crippen LogP contribution in [0.15, 0.2) is 48.1 Å². The normalized spacial score (nSPS) is 12.8. The lowest BCUT2D eigenvalue weighted by Gasteiger charge is -2.28. The number of hydrogen-bond acceptors (Lipinski definition) is 0. The van der Waals surface area contributed by atoms with E-state index in [2.05, 4.69) is 51.7 Å². The molecule has 0 saturated heterocycles. The van der Waals surface area contributed by atoms with Gasteiger partial charge in [0, 0.05) is 5.41 Å². The van der Waals surface area contributed by atoms with Crippen LogP contribution in [0.2, 0.25) is 0 Å². The molecule has 0 nitrogen and oxygen atoms in total. The first-order valence-electron chi connectivity index (χ1n) is 8.28. The van der Waals surface area contributed by atoms with Crippen LogP contribution in [0, 0.1) is 5.41 Å². The fraction of sp³-hybridized carbons (Fsp3) is 0.619. The summed E-state index contributed by atoms with van der Waals surface area (Å²) in [5, 5.41) is 0. The third kappa shape index (κ3) is 11.3. The van der Waals surface area contributed by atoms with Crippen LogP contribution in [-0.4, -0.2) is 0 Å². The average Bonchev–Trinajstić information content (AvgIpc) is 2.54. The van der Waals surface area contributed by atoms with Gasteiger partial charge in [-0.3, -0.25) is 0 Å². The molecule has 126 valence electrons. The second-order valence-electron chi connectivity index (χ2n) is 4.30. The second kappa shape index (κ2) is 19.0. The van der Waals surface area contributed by atoms with E-state index in [0.717, 1.165) is 12.8 Å². The van der Waals surface area contributed by atoms with E-state index in [4.69, 9.17) is 0 Å². The molecule has 0 atom stereocenters. The van der Waals surface area contributed by atoms with E-state index < -0.39 is 0 Å². The Balaban J connectivity index is -0.000000183. The first kappa shape index (κ1) is 28.2. The lowest BCUT2D eigenvalue weighted by Crippen LogP contribution is -2.14. The van der Waals surface area contributed by atoms with E-state index in [1.165, 1.54) is 11.1 Å². The summed E-state index contributed by atoms with van der Waals surface area (Å²) in [5.41, 5.74) is 3.00. The highest BCUT2D eigenvalue weighted by atomic mass is 14.3. The van der Waals surface area contributed by atoms with Gasteiger partial charge in [-0.15, -0.1) is 6.58 Å². The monoisotopic (exact) mass is 294 g/mol. The molecule has 0 amide bonds. The molecule has 0 radical (unpaired) electrons. The second-order valence-corrected chi connectivity index (χ2v) is 4.30. The highest BCUT2D eigenvalue weighted by Crippen LogP contribution is 2.36. The minimum atomic E-state index is 0. The average molecular weight is 295 g/mol. The maximum absolute atomic E-state index is 3.92. The van der Waals surface area contributed by atoms with Gasteiger partial charge in [-0.05, 0) is 25.3 Å². The van der Waals surface area contributed by atoms with Crippen LogP contribution < -0.4 is 0 Å². The van der Waals surface area contributed by atoms with Crippen molar-refractivity contribution in [3.05, 3.63) is 48.1 Å². The van der Waals surface area contributed by atoms with E-state index in [0.29, 0.717) is 0 Å². The van der Waals surface area contributed by atoms with E-state index in [1.54, 1.807) is 0 Å². The molecule has 0 spiro atoms. The van der Waals surface area contributed by atoms with Gasteiger partial charge in [0.1, 0.15) is 0 Å². The van der Waals surface area contributed by atoms with Crippen molar-refractivity contribution in [3.63, 3.8) is 0 Å².